The Morgan fingerprint density at radius 2 is 1.70 bits per heavy atom. The summed E-state index contributed by atoms with van der Waals surface area (Å²) < 4.78 is 16.6. The third kappa shape index (κ3) is 3.98. The number of rotatable bonds is 5. The third-order valence-electron chi connectivity index (χ3n) is 6.88. The maximum absolute atomic E-state index is 13.4. The molecule has 6 rings (SSSR count). The second-order valence-electron chi connectivity index (χ2n) is 9.17. The van der Waals surface area contributed by atoms with Gasteiger partial charge >= 0.3 is 0 Å². The Bertz CT molecular complexity index is 1630. The number of carbonyl (C=O) groups excluding carboxylic acids is 1. The Morgan fingerprint density at radius 3 is 2.51 bits per heavy atom. The molecule has 1 aliphatic rings. The van der Waals surface area contributed by atoms with Crippen LogP contribution in [0.2, 0.25) is 0 Å². The van der Waals surface area contributed by atoms with Gasteiger partial charge in [0.15, 0.2) is 5.76 Å². The number of amides is 1. The molecule has 0 saturated carbocycles. The van der Waals surface area contributed by atoms with Crippen LogP contribution in [0, 0.1) is 13.8 Å². The highest BCUT2D eigenvalue weighted by atomic mass is 16.5. The van der Waals surface area contributed by atoms with E-state index in [1.165, 1.54) is 5.56 Å². The first-order valence-electron chi connectivity index (χ1n) is 12.1. The van der Waals surface area contributed by atoms with Gasteiger partial charge in [0.05, 0.1) is 7.11 Å². The topological polar surface area (TPSA) is 90.4 Å². The number of aryl methyl sites for hydroxylation is 3. The van der Waals surface area contributed by atoms with Crippen LogP contribution < -0.4 is 10.1 Å². The number of nitrogens with zero attached hydrogens (tertiary/aromatic N) is 2. The molecular formula is C30H25N3O4. The third-order valence-corrected chi connectivity index (χ3v) is 6.88. The van der Waals surface area contributed by atoms with Crippen molar-refractivity contribution in [2.75, 3.05) is 12.4 Å². The Kier molecular flexibility index (Phi) is 5.60. The van der Waals surface area contributed by atoms with E-state index in [1.54, 1.807) is 14.0 Å². The number of nitrogens with one attached hydrogen (secondary N) is 1. The molecule has 2 heterocycles. The van der Waals surface area contributed by atoms with Gasteiger partial charge in [-0.1, -0.05) is 52.8 Å². The first-order chi connectivity index (χ1) is 18.0. The summed E-state index contributed by atoms with van der Waals surface area (Å²) in [5.74, 6) is 1.74. The van der Waals surface area contributed by atoms with Crippen LogP contribution in [0.4, 0.5) is 5.69 Å². The van der Waals surface area contributed by atoms with Crippen molar-refractivity contribution in [1.82, 2.24) is 10.3 Å². The van der Waals surface area contributed by atoms with Gasteiger partial charge in [-0.15, -0.1) is 0 Å². The quantitative estimate of drug-likeness (QED) is 0.296. The number of hydrogen-bond donors (Lipinski definition) is 1. The van der Waals surface area contributed by atoms with E-state index in [0.717, 1.165) is 57.9 Å². The van der Waals surface area contributed by atoms with E-state index >= 15 is 0 Å². The molecule has 0 atom stereocenters. The van der Waals surface area contributed by atoms with E-state index in [0.29, 0.717) is 22.7 Å². The predicted molar refractivity (Wildman–Crippen MR) is 141 cm³/mol. The summed E-state index contributed by atoms with van der Waals surface area (Å²) in [6, 6.07) is 21.5. The highest BCUT2D eigenvalue weighted by molar-refractivity contribution is 6.09. The number of ether oxygens (including phenoxy) is 1. The van der Waals surface area contributed by atoms with Crippen LogP contribution in [0.5, 0.6) is 5.75 Å². The summed E-state index contributed by atoms with van der Waals surface area (Å²) in [7, 11) is 1.67. The SMILES string of the molecule is COc1ccc2c(c1)CCc1c-2noc1-c1ccc(C)c(NC(=O)c2c(-c3ccccc3)noc2C)c1. The minimum atomic E-state index is -0.277. The number of aromatic nitrogens is 2. The molecule has 0 fully saturated rings. The van der Waals surface area contributed by atoms with Crippen LogP contribution >= 0.6 is 0 Å². The van der Waals surface area contributed by atoms with Crippen molar-refractivity contribution < 1.29 is 18.6 Å². The Labute approximate surface area is 214 Å². The van der Waals surface area contributed by atoms with Crippen LogP contribution in [0.15, 0.2) is 75.8 Å². The number of fused-ring (bicyclic) bond motifs is 3. The molecule has 0 spiro atoms. The molecule has 0 aliphatic heterocycles. The van der Waals surface area contributed by atoms with Gasteiger partial charge < -0.3 is 19.1 Å². The van der Waals surface area contributed by atoms with Crippen molar-refractivity contribution in [2.45, 2.75) is 26.7 Å². The van der Waals surface area contributed by atoms with Gasteiger partial charge in [-0.2, -0.15) is 0 Å². The monoisotopic (exact) mass is 491 g/mol. The smallest absolute Gasteiger partial charge is 0.261 e. The van der Waals surface area contributed by atoms with Gasteiger partial charge in [0.1, 0.15) is 28.5 Å². The minimum Gasteiger partial charge on any atom is -0.497 e. The van der Waals surface area contributed by atoms with Crippen molar-refractivity contribution in [2.24, 2.45) is 0 Å². The molecule has 0 unspecified atom stereocenters. The Hall–Kier alpha value is -4.65. The fraction of sp³-hybridized carbons (Fsp3) is 0.167. The molecule has 5 aromatic rings. The molecular weight excluding hydrogens is 466 g/mol. The zero-order valence-corrected chi connectivity index (χ0v) is 20.8. The van der Waals surface area contributed by atoms with E-state index in [2.05, 4.69) is 21.7 Å². The molecule has 1 amide bonds. The van der Waals surface area contributed by atoms with E-state index in [4.69, 9.17) is 13.8 Å². The summed E-state index contributed by atoms with van der Waals surface area (Å²) in [5.41, 5.74) is 8.42. The number of anilines is 1. The van der Waals surface area contributed by atoms with Gasteiger partial charge in [0.2, 0.25) is 0 Å². The van der Waals surface area contributed by atoms with Gasteiger partial charge in [0.25, 0.3) is 5.91 Å². The number of hydrogen-bond acceptors (Lipinski definition) is 6. The highest BCUT2D eigenvalue weighted by Gasteiger charge is 2.26. The molecule has 37 heavy (non-hydrogen) atoms. The van der Waals surface area contributed by atoms with Crippen LogP contribution in [0.25, 0.3) is 33.8 Å². The van der Waals surface area contributed by atoms with Crippen LogP contribution in [-0.4, -0.2) is 23.3 Å². The predicted octanol–water partition coefficient (Wildman–Crippen LogP) is 6.64. The molecule has 184 valence electrons. The molecule has 7 nitrogen and oxygen atoms in total. The minimum absolute atomic E-state index is 0.277. The van der Waals surface area contributed by atoms with Gasteiger partial charge in [-0.25, -0.2) is 0 Å². The first kappa shape index (κ1) is 22.8. The highest BCUT2D eigenvalue weighted by Crippen LogP contribution is 2.40. The maximum Gasteiger partial charge on any atom is 0.261 e. The largest absolute Gasteiger partial charge is 0.497 e. The normalized spacial score (nSPS) is 12.1. The van der Waals surface area contributed by atoms with Crippen molar-refractivity contribution in [1.29, 1.82) is 0 Å². The lowest BCUT2D eigenvalue weighted by molar-refractivity contribution is 0.102. The lowest BCUT2D eigenvalue weighted by Crippen LogP contribution is -2.14. The fourth-order valence-corrected chi connectivity index (χ4v) is 4.89. The average molecular weight is 492 g/mol. The molecule has 7 heteroatoms. The lowest BCUT2D eigenvalue weighted by Gasteiger charge is -2.16. The van der Waals surface area contributed by atoms with Crippen LogP contribution in [0.1, 0.15) is 32.8 Å². The van der Waals surface area contributed by atoms with Gasteiger partial charge in [-0.05, 0) is 62.1 Å². The standard InChI is InChI=1S/C30H25N3O4/c1-17-9-10-21(29-24-13-11-20-15-22(35-3)12-14-23(20)28(24)33-37-29)16-25(17)31-30(34)26-18(2)36-32-27(26)19-7-5-4-6-8-19/h4-10,12,14-16H,11,13H2,1-3H3,(H,31,34). The van der Waals surface area contributed by atoms with E-state index in [1.807, 2.05) is 67.6 Å². The van der Waals surface area contributed by atoms with Crippen molar-refractivity contribution in [3.8, 4) is 39.6 Å². The van der Waals surface area contributed by atoms with Crippen molar-refractivity contribution in [3.05, 3.63) is 94.7 Å². The summed E-state index contributed by atoms with van der Waals surface area (Å²) in [6.45, 7) is 3.70. The molecule has 0 bridgehead atoms. The summed E-state index contributed by atoms with van der Waals surface area (Å²) in [4.78, 5) is 13.4. The molecule has 0 radical (unpaired) electrons. The second kappa shape index (κ2) is 9.09. The molecule has 3 aromatic carbocycles. The molecule has 0 saturated heterocycles. The average Bonchev–Trinajstić information content (AvgIpc) is 3.54. The summed E-state index contributed by atoms with van der Waals surface area (Å²) in [6.07, 6.45) is 1.68. The van der Waals surface area contributed by atoms with E-state index in [9.17, 15) is 4.79 Å². The number of carbonyl (C=O) groups is 1. The van der Waals surface area contributed by atoms with E-state index < -0.39 is 0 Å². The van der Waals surface area contributed by atoms with Crippen molar-refractivity contribution >= 4 is 11.6 Å². The zero-order valence-electron chi connectivity index (χ0n) is 20.8. The molecule has 1 N–H and O–H groups in total. The van der Waals surface area contributed by atoms with Crippen LogP contribution in [0.3, 0.4) is 0 Å². The first-order valence-corrected chi connectivity index (χ1v) is 12.1. The van der Waals surface area contributed by atoms with E-state index in [-0.39, 0.29) is 5.91 Å². The fourth-order valence-electron chi connectivity index (χ4n) is 4.89. The number of benzene rings is 3. The molecule has 2 aromatic heterocycles. The van der Waals surface area contributed by atoms with Crippen molar-refractivity contribution in [3.63, 3.8) is 0 Å². The zero-order chi connectivity index (χ0) is 25.5. The molecule has 1 aliphatic carbocycles. The summed E-state index contributed by atoms with van der Waals surface area (Å²) >= 11 is 0. The maximum atomic E-state index is 13.4. The van der Waals surface area contributed by atoms with Gasteiger partial charge in [0, 0.05) is 27.9 Å². The summed E-state index contributed by atoms with van der Waals surface area (Å²) in [5, 5.41) is 11.6. The van der Waals surface area contributed by atoms with Crippen LogP contribution in [-0.2, 0) is 12.8 Å². The van der Waals surface area contributed by atoms with Gasteiger partial charge in [-0.3, -0.25) is 4.79 Å². The second-order valence-corrected chi connectivity index (χ2v) is 9.17. The lowest BCUT2D eigenvalue weighted by atomic mass is 9.88. The Morgan fingerprint density at radius 1 is 0.892 bits per heavy atom. The Balaban J connectivity index is 1.33. The number of methoxy groups -OCH3 is 1.